The highest BCUT2D eigenvalue weighted by Gasteiger charge is 2.21. The van der Waals surface area contributed by atoms with E-state index in [1.807, 2.05) is 65.2 Å². The quantitative estimate of drug-likeness (QED) is 0.353. The molecule has 8 heteroatoms. The Morgan fingerprint density at radius 3 is 2.42 bits per heavy atom. The summed E-state index contributed by atoms with van der Waals surface area (Å²) in [4.78, 5) is 14.1. The third kappa shape index (κ3) is 5.06. The van der Waals surface area contributed by atoms with Gasteiger partial charge in [0.2, 0.25) is 5.95 Å². The number of fused-ring (bicyclic) bond motifs is 1. The van der Waals surface area contributed by atoms with Crippen molar-refractivity contribution in [3.8, 4) is 11.4 Å². The summed E-state index contributed by atoms with van der Waals surface area (Å²) in [5.41, 5.74) is 2.44. The van der Waals surface area contributed by atoms with Crippen LogP contribution in [-0.4, -0.2) is 49.9 Å². The Hall–Kier alpha value is -3.65. The summed E-state index contributed by atoms with van der Waals surface area (Å²) < 4.78 is 7.78. The molecular weight excluding hydrogens is 416 g/mol. The van der Waals surface area contributed by atoms with Gasteiger partial charge in [-0.1, -0.05) is 36.4 Å². The van der Waals surface area contributed by atoms with Gasteiger partial charge in [0.05, 0.1) is 12.6 Å². The maximum atomic E-state index is 9.82. The second-order valence-electron chi connectivity index (χ2n) is 8.26. The molecule has 2 aromatic carbocycles. The first-order chi connectivity index (χ1) is 16.3. The largest absolute Gasteiger partial charge is 0.492 e. The van der Waals surface area contributed by atoms with Crippen LogP contribution in [0.2, 0.25) is 0 Å². The van der Waals surface area contributed by atoms with Crippen LogP contribution in [0, 0.1) is 0 Å². The maximum Gasteiger partial charge on any atom is 0.227 e. The van der Waals surface area contributed by atoms with Crippen molar-refractivity contribution in [3.63, 3.8) is 0 Å². The van der Waals surface area contributed by atoms with Gasteiger partial charge in [-0.15, -0.1) is 0 Å². The van der Waals surface area contributed by atoms with Gasteiger partial charge in [-0.05, 0) is 49.9 Å². The van der Waals surface area contributed by atoms with Crippen molar-refractivity contribution in [2.45, 2.75) is 37.8 Å². The molecule has 1 saturated carbocycles. The molecule has 4 aromatic rings. The first-order valence-electron chi connectivity index (χ1n) is 11.4. The van der Waals surface area contributed by atoms with Crippen molar-refractivity contribution in [1.82, 2.24) is 19.5 Å². The molecule has 0 unspecified atom stereocenters. The van der Waals surface area contributed by atoms with Crippen molar-refractivity contribution in [2.75, 3.05) is 23.8 Å². The Morgan fingerprint density at radius 2 is 1.67 bits per heavy atom. The number of nitrogens with one attached hydrogen (secondary N) is 2. The number of rotatable bonds is 8. The van der Waals surface area contributed by atoms with Crippen molar-refractivity contribution in [3.05, 3.63) is 67.0 Å². The number of aliphatic hydroxyl groups is 1. The van der Waals surface area contributed by atoms with Crippen molar-refractivity contribution >= 4 is 22.9 Å². The van der Waals surface area contributed by atoms with Gasteiger partial charge >= 0.3 is 0 Å². The van der Waals surface area contributed by atoms with E-state index in [1.54, 1.807) is 6.33 Å². The molecule has 0 radical (unpaired) electrons. The zero-order valence-corrected chi connectivity index (χ0v) is 18.4. The molecule has 170 valence electrons. The van der Waals surface area contributed by atoms with Gasteiger partial charge in [-0.2, -0.15) is 9.97 Å². The predicted molar refractivity (Wildman–Crippen MR) is 129 cm³/mol. The first kappa shape index (κ1) is 21.2. The zero-order valence-electron chi connectivity index (χ0n) is 18.4. The van der Waals surface area contributed by atoms with E-state index in [4.69, 9.17) is 14.7 Å². The molecule has 0 bridgehead atoms. The predicted octanol–water partition coefficient (Wildman–Crippen LogP) is 4.02. The average molecular weight is 445 g/mol. The van der Waals surface area contributed by atoms with Crippen LogP contribution < -0.4 is 15.4 Å². The molecule has 33 heavy (non-hydrogen) atoms. The number of imidazole rings is 1. The molecule has 5 rings (SSSR count). The summed E-state index contributed by atoms with van der Waals surface area (Å²) in [6.45, 7) is 1.08. The number of aliphatic hydroxyl groups excluding tert-OH is 1. The summed E-state index contributed by atoms with van der Waals surface area (Å²) in [7, 11) is 0. The fraction of sp³-hybridized carbons (Fsp3) is 0.320. The lowest BCUT2D eigenvalue weighted by Gasteiger charge is -2.26. The Morgan fingerprint density at radius 1 is 0.939 bits per heavy atom. The molecule has 0 spiro atoms. The van der Waals surface area contributed by atoms with Gasteiger partial charge in [0.1, 0.15) is 18.7 Å². The van der Waals surface area contributed by atoms with Crippen molar-refractivity contribution in [1.29, 1.82) is 0 Å². The topological polar surface area (TPSA) is 97.1 Å². The average Bonchev–Trinajstić information content (AvgIpc) is 3.29. The second-order valence-corrected chi connectivity index (χ2v) is 8.26. The standard InChI is InChI=1S/C25H28N6O2/c32-20-13-11-18(12-14-20)28-25-29-23(26-15-16-33-21-9-5-2-6-10-21)22-24(30-25)31(17-27-22)19-7-3-1-4-8-19/h1-10,17-18,20,32H,11-16H2,(H2,26,28,29,30). The van der Waals surface area contributed by atoms with Crippen LogP contribution in [0.3, 0.4) is 0 Å². The van der Waals surface area contributed by atoms with Gasteiger partial charge in [-0.25, -0.2) is 4.98 Å². The molecule has 2 aromatic heterocycles. The molecule has 1 aliphatic rings. The molecule has 0 atom stereocenters. The van der Waals surface area contributed by atoms with Crippen LogP contribution in [0.25, 0.3) is 16.9 Å². The number of anilines is 2. The number of para-hydroxylation sites is 2. The van der Waals surface area contributed by atoms with Gasteiger partial charge in [0, 0.05) is 11.7 Å². The highest BCUT2D eigenvalue weighted by atomic mass is 16.5. The van der Waals surface area contributed by atoms with Crippen LogP contribution in [0.5, 0.6) is 5.75 Å². The smallest absolute Gasteiger partial charge is 0.227 e. The third-order valence-electron chi connectivity index (χ3n) is 5.87. The van der Waals surface area contributed by atoms with Crippen LogP contribution in [-0.2, 0) is 0 Å². The van der Waals surface area contributed by atoms with E-state index in [2.05, 4.69) is 15.6 Å². The van der Waals surface area contributed by atoms with Gasteiger partial charge in [-0.3, -0.25) is 4.57 Å². The van der Waals surface area contributed by atoms with E-state index in [9.17, 15) is 5.11 Å². The van der Waals surface area contributed by atoms with Crippen molar-refractivity contribution < 1.29 is 9.84 Å². The lowest BCUT2D eigenvalue weighted by molar-refractivity contribution is 0.126. The summed E-state index contributed by atoms with van der Waals surface area (Å²) >= 11 is 0. The first-order valence-corrected chi connectivity index (χ1v) is 11.4. The second kappa shape index (κ2) is 9.87. The Balaban J connectivity index is 1.39. The molecule has 3 N–H and O–H groups in total. The molecule has 2 heterocycles. The van der Waals surface area contributed by atoms with Gasteiger partial charge in [0.15, 0.2) is 17.0 Å². The molecule has 1 aliphatic carbocycles. The zero-order chi connectivity index (χ0) is 22.5. The van der Waals surface area contributed by atoms with Crippen molar-refractivity contribution in [2.24, 2.45) is 0 Å². The number of hydrogen-bond acceptors (Lipinski definition) is 7. The summed E-state index contributed by atoms with van der Waals surface area (Å²) in [5, 5.41) is 16.7. The SMILES string of the molecule is OC1CCC(Nc2nc(NCCOc3ccccc3)c3ncn(-c4ccccc4)c3n2)CC1. The van der Waals surface area contributed by atoms with E-state index >= 15 is 0 Å². The fourth-order valence-electron chi connectivity index (χ4n) is 4.12. The number of ether oxygens (including phenoxy) is 1. The van der Waals surface area contributed by atoms with Crippen LogP contribution in [0.1, 0.15) is 25.7 Å². The molecule has 1 fully saturated rings. The Kier molecular flexibility index (Phi) is 6.34. The number of hydrogen-bond donors (Lipinski definition) is 3. The monoisotopic (exact) mass is 444 g/mol. The van der Waals surface area contributed by atoms with E-state index in [-0.39, 0.29) is 12.1 Å². The maximum absolute atomic E-state index is 9.82. The number of aromatic nitrogens is 4. The van der Waals surface area contributed by atoms with E-state index in [0.29, 0.717) is 30.4 Å². The molecule has 0 amide bonds. The Bertz CT molecular complexity index is 1170. The van der Waals surface area contributed by atoms with E-state index < -0.39 is 0 Å². The minimum atomic E-state index is -0.201. The highest BCUT2D eigenvalue weighted by Crippen LogP contribution is 2.26. The molecule has 0 aliphatic heterocycles. The fourth-order valence-corrected chi connectivity index (χ4v) is 4.12. The highest BCUT2D eigenvalue weighted by molar-refractivity contribution is 5.85. The number of nitrogens with zero attached hydrogens (tertiary/aromatic N) is 4. The Labute approximate surface area is 192 Å². The normalized spacial score (nSPS) is 18.2. The lowest BCUT2D eigenvalue weighted by Crippen LogP contribution is -2.29. The summed E-state index contributed by atoms with van der Waals surface area (Å²) in [5.74, 6) is 2.07. The van der Waals surface area contributed by atoms with Crippen LogP contribution in [0.15, 0.2) is 67.0 Å². The molecule has 8 nitrogen and oxygen atoms in total. The van der Waals surface area contributed by atoms with E-state index in [0.717, 1.165) is 42.8 Å². The summed E-state index contributed by atoms with van der Waals surface area (Å²) in [6, 6.07) is 20.0. The van der Waals surface area contributed by atoms with Gasteiger partial charge in [0.25, 0.3) is 0 Å². The minimum absolute atomic E-state index is 0.201. The molecule has 0 saturated heterocycles. The van der Waals surface area contributed by atoms with Gasteiger partial charge < -0.3 is 20.5 Å². The van der Waals surface area contributed by atoms with E-state index in [1.165, 1.54) is 0 Å². The lowest BCUT2D eigenvalue weighted by atomic mass is 9.93. The number of benzene rings is 2. The summed E-state index contributed by atoms with van der Waals surface area (Å²) in [6.07, 6.45) is 4.96. The minimum Gasteiger partial charge on any atom is -0.492 e. The van der Waals surface area contributed by atoms with Crippen LogP contribution in [0.4, 0.5) is 11.8 Å². The van der Waals surface area contributed by atoms with Crippen LogP contribution >= 0.6 is 0 Å². The third-order valence-corrected chi connectivity index (χ3v) is 5.87. The molecular formula is C25H28N6O2.